The maximum absolute atomic E-state index is 10.2. The summed E-state index contributed by atoms with van der Waals surface area (Å²) in [4.78, 5) is 7.61. The van der Waals surface area contributed by atoms with Gasteiger partial charge in [-0.05, 0) is 95.4 Å². The molecule has 6 nitrogen and oxygen atoms in total. The number of hydrogen-bond acceptors (Lipinski definition) is 1. The first-order valence-electron chi connectivity index (χ1n) is 18.6. The molecule has 0 radical (unpaired) electrons. The number of fused-ring (bicyclic) bond motifs is 9. The Hall–Kier alpha value is -8.37. The van der Waals surface area contributed by atoms with E-state index in [1.54, 1.807) is 6.07 Å². The van der Waals surface area contributed by atoms with Crippen molar-refractivity contribution in [3.63, 3.8) is 0 Å². The van der Waals surface area contributed by atoms with Crippen LogP contribution in [0.4, 0.5) is 11.4 Å². The minimum atomic E-state index is 0.401. The average Bonchev–Trinajstić information content (AvgIpc) is 3.91. The van der Waals surface area contributed by atoms with Crippen LogP contribution in [-0.4, -0.2) is 13.7 Å². The lowest BCUT2D eigenvalue weighted by Crippen LogP contribution is -1.97. The summed E-state index contributed by atoms with van der Waals surface area (Å²) < 4.78 is 6.68. The molecule has 0 N–H and O–H groups in total. The highest BCUT2D eigenvalue weighted by Gasteiger charge is 2.20. The standard InChI is InChI=1S/C51H28N6/c1-53-35-27-34(31-52)51-43(29-35)41-14-6-10-18-48(41)57(51)50-25-21-33(28-44(50)54-2)32-19-22-36(23-20-32)55-47-17-9-5-13-40(47)42-30-37(24-26-49(42)55)56-45-15-7-3-11-38(45)39-12-4-8-16-46(39)56/h3-30H. The Kier molecular flexibility index (Phi) is 6.95. The molecule has 11 aromatic rings. The summed E-state index contributed by atoms with van der Waals surface area (Å²) in [6.45, 7) is 15.9. The Balaban J connectivity index is 1.02. The maximum Gasteiger partial charge on any atom is 0.211 e. The van der Waals surface area contributed by atoms with E-state index in [0.717, 1.165) is 49.8 Å². The second kappa shape index (κ2) is 12.3. The fourth-order valence-corrected chi connectivity index (χ4v) is 8.85. The van der Waals surface area contributed by atoms with Gasteiger partial charge >= 0.3 is 0 Å². The van der Waals surface area contributed by atoms with Gasteiger partial charge in [-0.1, -0.05) is 91.0 Å². The summed E-state index contributed by atoms with van der Waals surface area (Å²) in [5.41, 5.74) is 12.3. The minimum absolute atomic E-state index is 0.401. The number of aromatic nitrogens is 3. The summed E-state index contributed by atoms with van der Waals surface area (Å²) in [7, 11) is 0. The molecule has 0 bridgehead atoms. The predicted molar refractivity (Wildman–Crippen MR) is 232 cm³/mol. The second-order valence-corrected chi connectivity index (χ2v) is 14.3. The Morgan fingerprint density at radius 3 is 1.53 bits per heavy atom. The zero-order valence-electron chi connectivity index (χ0n) is 30.3. The van der Waals surface area contributed by atoms with E-state index in [4.69, 9.17) is 13.1 Å². The fraction of sp³-hybridized carbons (Fsp3) is 0. The predicted octanol–water partition coefficient (Wildman–Crippen LogP) is 13.6. The van der Waals surface area contributed by atoms with Gasteiger partial charge in [0.2, 0.25) is 5.69 Å². The van der Waals surface area contributed by atoms with Gasteiger partial charge in [-0.15, -0.1) is 0 Å². The van der Waals surface area contributed by atoms with Gasteiger partial charge in [-0.25, -0.2) is 9.69 Å². The highest BCUT2D eigenvalue weighted by molar-refractivity contribution is 6.14. The Morgan fingerprint density at radius 2 is 0.930 bits per heavy atom. The van der Waals surface area contributed by atoms with Crippen LogP contribution in [0.1, 0.15) is 5.56 Å². The third-order valence-corrected chi connectivity index (χ3v) is 11.3. The van der Waals surface area contributed by atoms with Gasteiger partial charge in [0.25, 0.3) is 0 Å². The second-order valence-electron chi connectivity index (χ2n) is 14.3. The molecule has 0 saturated carbocycles. The van der Waals surface area contributed by atoms with Crippen LogP contribution in [0.5, 0.6) is 0 Å². The molecular weight excluding hydrogens is 697 g/mol. The van der Waals surface area contributed by atoms with E-state index in [1.807, 2.05) is 53.1 Å². The van der Waals surface area contributed by atoms with Crippen molar-refractivity contribution in [2.24, 2.45) is 0 Å². The highest BCUT2D eigenvalue weighted by Crippen LogP contribution is 2.41. The third-order valence-electron chi connectivity index (χ3n) is 11.3. The van der Waals surface area contributed by atoms with E-state index >= 15 is 0 Å². The zero-order chi connectivity index (χ0) is 38.2. The van der Waals surface area contributed by atoms with Crippen molar-refractivity contribution in [3.8, 4) is 34.3 Å². The molecule has 0 aliphatic rings. The van der Waals surface area contributed by atoms with E-state index in [9.17, 15) is 5.26 Å². The molecule has 0 aliphatic carbocycles. The van der Waals surface area contributed by atoms with Crippen LogP contribution in [0.3, 0.4) is 0 Å². The van der Waals surface area contributed by atoms with Crippen LogP contribution >= 0.6 is 0 Å². The smallest absolute Gasteiger partial charge is 0.211 e. The van der Waals surface area contributed by atoms with Crippen LogP contribution in [0.15, 0.2) is 170 Å². The quantitative estimate of drug-likeness (QED) is 0.167. The van der Waals surface area contributed by atoms with Crippen molar-refractivity contribution in [1.82, 2.24) is 13.7 Å². The van der Waals surface area contributed by atoms with Crippen LogP contribution in [0.25, 0.3) is 103 Å². The average molecular weight is 725 g/mol. The Bertz CT molecular complexity index is 3560. The van der Waals surface area contributed by atoms with Crippen LogP contribution in [-0.2, 0) is 0 Å². The van der Waals surface area contributed by atoms with Crippen molar-refractivity contribution < 1.29 is 0 Å². The van der Waals surface area contributed by atoms with Crippen LogP contribution in [0.2, 0.25) is 0 Å². The highest BCUT2D eigenvalue weighted by atomic mass is 15.0. The lowest BCUT2D eigenvalue weighted by Gasteiger charge is -2.14. The van der Waals surface area contributed by atoms with Crippen LogP contribution < -0.4 is 0 Å². The molecule has 0 atom stereocenters. The van der Waals surface area contributed by atoms with E-state index in [2.05, 4.69) is 140 Å². The van der Waals surface area contributed by atoms with Gasteiger partial charge in [-0.3, -0.25) is 0 Å². The number of nitrogens with zero attached hydrogens (tertiary/aromatic N) is 6. The van der Waals surface area contributed by atoms with Gasteiger partial charge in [0, 0.05) is 38.3 Å². The molecule has 0 amide bonds. The lowest BCUT2D eigenvalue weighted by atomic mass is 10.0. The van der Waals surface area contributed by atoms with Crippen molar-refractivity contribution in [3.05, 3.63) is 198 Å². The summed E-state index contributed by atoms with van der Waals surface area (Å²) in [5.74, 6) is 0. The monoisotopic (exact) mass is 724 g/mol. The molecule has 8 aromatic carbocycles. The van der Waals surface area contributed by atoms with Crippen LogP contribution in [0, 0.1) is 24.5 Å². The molecule has 6 heteroatoms. The van der Waals surface area contributed by atoms with Crippen molar-refractivity contribution >= 4 is 76.8 Å². The van der Waals surface area contributed by atoms with Gasteiger partial charge in [0.1, 0.15) is 6.07 Å². The molecule has 0 spiro atoms. The topological polar surface area (TPSA) is 47.3 Å². The summed E-state index contributed by atoms with van der Waals surface area (Å²) >= 11 is 0. The molecule has 57 heavy (non-hydrogen) atoms. The molecule has 3 heterocycles. The number of nitriles is 1. The third kappa shape index (κ3) is 4.68. The zero-order valence-corrected chi connectivity index (χ0v) is 30.3. The SMILES string of the molecule is [C-]#[N+]c1cc(C#N)c2c(c1)c1ccccc1n2-c1ccc(-c2ccc(-n3c4ccccc4c4cc(-n5c6ccccc6c6ccccc65)ccc43)cc2)cc1[N+]#[C-]. The molecular formula is C51H28N6. The molecule has 0 saturated heterocycles. The molecule has 0 unspecified atom stereocenters. The van der Waals surface area contributed by atoms with Crippen molar-refractivity contribution in [1.29, 1.82) is 5.26 Å². The minimum Gasteiger partial charge on any atom is -0.318 e. The number of hydrogen-bond donors (Lipinski definition) is 0. The summed E-state index contributed by atoms with van der Waals surface area (Å²) in [6, 6.07) is 60.7. The summed E-state index contributed by atoms with van der Waals surface area (Å²) in [5, 5.41) is 16.8. The van der Waals surface area contributed by atoms with E-state index in [-0.39, 0.29) is 0 Å². The molecule has 11 rings (SSSR count). The van der Waals surface area contributed by atoms with E-state index < -0.39 is 0 Å². The number of para-hydroxylation sites is 4. The van der Waals surface area contributed by atoms with Gasteiger partial charge < -0.3 is 13.7 Å². The molecule has 0 fully saturated rings. The summed E-state index contributed by atoms with van der Waals surface area (Å²) in [6.07, 6.45) is 0. The molecule has 3 aromatic heterocycles. The molecule has 262 valence electrons. The van der Waals surface area contributed by atoms with E-state index in [1.165, 1.54) is 32.6 Å². The first kappa shape index (κ1) is 32.1. The Morgan fingerprint density at radius 1 is 0.421 bits per heavy atom. The molecule has 0 aliphatic heterocycles. The first-order valence-corrected chi connectivity index (χ1v) is 18.6. The maximum atomic E-state index is 10.2. The Labute approximate surface area is 327 Å². The van der Waals surface area contributed by atoms with Crippen molar-refractivity contribution in [2.45, 2.75) is 0 Å². The number of rotatable bonds is 4. The lowest BCUT2D eigenvalue weighted by molar-refractivity contribution is 1.16. The van der Waals surface area contributed by atoms with E-state index in [0.29, 0.717) is 28.1 Å². The van der Waals surface area contributed by atoms with Gasteiger partial charge in [0.15, 0.2) is 5.69 Å². The first-order chi connectivity index (χ1) is 28.1. The van der Waals surface area contributed by atoms with Gasteiger partial charge in [0.05, 0.1) is 57.5 Å². The van der Waals surface area contributed by atoms with Crippen molar-refractivity contribution in [2.75, 3.05) is 0 Å². The fourth-order valence-electron chi connectivity index (χ4n) is 8.85. The normalized spacial score (nSPS) is 11.5. The number of benzene rings is 8. The van der Waals surface area contributed by atoms with Gasteiger partial charge in [-0.2, -0.15) is 5.26 Å². The largest absolute Gasteiger partial charge is 0.318 e.